The first kappa shape index (κ1) is 18.6. The third kappa shape index (κ3) is 4.15. The van der Waals surface area contributed by atoms with Crippen LogP contribution in [0.25, 0.3) is 0 Å². The van der Waals surface area contributed by atoms with Gasteiger partial charge in [0.05, 0.1) is 12.0 Å². The number of carbonyl (C=O) groups excluding carboxylic acids is 2. The van der Waals surface area contributed by atoms with Crippen LogP contribution in [0.2, 0.25) is 0 Å². The smallest absolute Gasteiger partial charge is 0.327 e. The Kier molecular flexibility index (Phi) is 5.18. The molecule has 1 N–H and O–H groups in total. The molecule has 3 rings (SSSR count). The molecule has 1 aliphatic carbocycles. The lowest BCUT2D eigenvalue weighted by atomic mass is 9.72. The Balaban J connectivity index is 1.67. The van der Waals surface area contributed by atoms with Crippen LogP contribution < -0.4 is 5.32 Å². The van der Waals surface area contributed by atoms with E-state index in [9.17, 15) is 9.59 Å². The molecule has 0 aromatic carbocycles. The fourth-order valence-corrected chi connectivity index (χ4v) is 4.37. The van der Waals surface area contributed by atoms with Crippen molar-refractivity contribution in [3.05, 3.63) is 33.6 Å². The number of hydrogen-bond donors (Lipinski definition) is 1. The number of aryl methyl sites for hydroxylation is 1. The third-order valence-corrected chi connectivity index (χ3v) is 6.17. The summed E-state index contributed by atoms with van der Waals surface area (Å²) in [4.78, 5) is 25.9. The molecule has 1 amide bonds. The number of ether oxygens (including phenoxy) is 1. The summed E-state index contributed by atoms with van der Waals surface area (Å²) in [5.41, 5.74) is 1.59. The lowest BCUT2D eigenvalue weighted by Gasteiger charge is -2.33. The molecule has 0 saturated heterocycles. The molecule has 1 unspecified atom stereocenters. The molecule has 0 fully saturated rings. The van der Waals surface area contributed by atoms with Gasteiger partial charge < -0.3 is 10.1 Å². The number of anilines is 1. The number of carbonyl (C=O) groups is 2. The van der Waals surface area contributed by atoms with Gasteiger partial charge in [0, 0.05) is 17.1 Å². The Morgan fingerprint density at radius 3 is 2.88 bits per heavy atom. The van der Waals surface area contributed by atoms with Gasteiger partial charge in [0.25, 0.3) is 5.91 Å². The van der Waals surface area contributed by atoms with E-state index in [4.69, 9.17) is 0 Å². The van der Waals surface area contributed by atoms with E-state index in [0.29, 0.717) is 16.6 Å². The number of amides is 1. The zero-order valence-corrected chi connectivity index (χ0v) is 16.5. The molecule has 1 atom stereocenters. The van der Waals surface area contributed by atoms with Crippen LogP contribution in [-0.4, -0.2) is 28.8 Å². The number of aromatic nitrogens is 2. The standard InChI is InChI=1S/C19H25N3O3S/c1-19(2,3)13-5-6-14-12(9-13)10-15(26-14)18(24)20-16-7-8-22(21-16)11-17(23)25-4/h7-8,10,13H,5-6,9,11H2,1-4H3,(H,20,21,24). The van der Waals surface area contributed by atoms with E-state index in [1.54, 1.807) is 23.6 Å². The molecule has 26 heavy (non-hydrogen) atoms. The average Bonchev–Trinajstić information content (AvgIpc) is 3.19. The van der Waals surface area contributed by atoms with Crippen molar-refractivity contribution in [1.29, 1.82) is 0 Å². The highest BCUT2D eigenvalue weighted by molar-refractivity contribution is 7.14. The van der Waals surface area contributed by atoms with Crippen LogP contribution >= 0.6 is 11.3 Å². The minimum Gasteiger partial charge on any atom is -0.468 e. The third-order valence-electron chi connectivity index (χ3n) is 4.93. The highest BCUT2D eigenvalue weighted by Gasteiger charge is 2.30. The van der Waals surface area contributed by atoms with Gasteiger partial charge in [-0.25, -0.2) is 0 Å². The number of thiophene rings is 1. The molecule has 0 bridgehead atoms. The van der Waals surface area contributed by atoms with Gasteiger partial charge >= 0.3 is 5.97 Å². The van der Waals surface area contributed by atoms with Gasteiger partial charge in [-0.2, -0.15) is 5.10 Å². The largest absolute Gasteiger partial charge is 0.468 e. The van der Waals surface area contributed by atoms with Crippen LogP contribution in [0.1, 0.15) is 47.3 Å². The molecule has 0 radical (unpaired) electrons. The molecule has 1 aliphatic rings. The predicted molar refractivity (Wildman–Crippen MR) is 101 cm³/mol. The molecule has 2 aromatic heterocycles. The summed E-state index contributed by atoms with van der Waals surface area (Å²) in [6.45, 7) is 6.88. The summed E-state index contributed by atoms with van der Waals surface area (Å²) in [5, 5.41) is 6.99. The molecule has 0 spiro atoms. The van der Waals surface area contributed by atoms with Crippen LogP contribution in [0.3, 0.4) is 0 Å². The van der Waals surface area contributed by atoms with Crippen LogP contribution in [-0.2, 0) is 28.9 Å². The van der Waals surface area contributed by atoms with E-state index in [0.717, 1.165) is 12.8 Å². The van der Waals surface area contributed by atoms with Crippen molar-refractivity contribution < 1.29 is 14.3 Å². The molecule has 0 saturated carbocycles. The van der Waals surface area contributed by atoms with Crippen LogP contribution in [0.15, 0.2) is 18.3 Å². The van der Waals surface area contributed by atoms with Crippen LogP contribution in [0.5, 0.6) is 0 Å². The normalized spacial score (nSPS) is 16.8. The fourth-order valence-electron chi connectivity index (χ4n) is 3.27. The maximum atomic E-state index is 12.6. The number of methoxy groups -OCH3 is 1. The number of hydrogen-bond acceptors (Lipinski definition) is 5. The van der Waals surface area contributed by atoms with E-state index < -0.39 is 0 Å². The van der Waals surface area contributed by atoms with Crippen molar-refractivity contribution in [2.45, 2.75) is 46.6 Å². The topological polar surface area (TPSA) is 73.2 Å². The van der Waals surface area contributed by atoms with E-state index in [-0.39, 0.29) is 23.8 Å². The number of esters is 1. The van der Waals surface area contributed by atoms with Crippen molar-refractivity contribution in [2.24, 2.45) is 11.3 Å². The van der Waals surface area contributed by atoms with Gasteiger partial charge in [-0.3, -0.25) is 14.3 Å². The summed E-state index contributed by atoms with van der Waals surface area (Å²) in [6.07, 6.45) is 4.90. The molecular formula is C19H25N3O3S. The first-order chi connectivity index (χ1) is 12.3. The SMILES string of the molecule is COC(=O)Cn1ccc(NC(=O)c2cc3c(s2)CCC(C(C)(C)C)C3)n1. The summed E-state index contributed by atoms with van der Waals surface area (Å²) in [5.74, 6) is 0.540. The quantitative estimate of drug-likeness (QED) is 0.830. The molecule has 0 aliphatic heterocycles. The van der Waals surface area contributed by atoms with Crippen LogP contribution in [0.4, 0.5) is 5.82 Å². The Morgan fingerprint density at radius 1 is 1.42 bits per heavy atom. The van der Waals surface area contributed by atoms with E-state index >= 15 is 0 Å². The second-order valence-corrected chi connectivity index (χ2v) is 8.93. The number of rotatable bonds is 4. The monoisotopic (exact) mass is 375 g/mol. The number of fused-ring (bicyclic) bond motifs is 1. The maximum absolute atomic E-state index is 12.6. The van der Waals surface area contributed by atoms with Crippen molar-refractivity contribution in [3.63, 3.8) is 0 Å². The molecule has 140 valence electrons. The maximum Gasteiger partial charge on any atom is 0.327 e. The average molecular weight is 375 g/mol. The van der Waals surface area contributed by atoms with Gasteiger partial charge in [-0.1, -0.05) is 20.8 Å². The number of nitrogens with one attached hydrogen (secondary N) is 1. The summed E-state index contributed by atoms with van der Waals surface area (Å²) in [6, 6.07) is 3.70. The minimum atomic E-state index is -0.384. The highest BCUT2D eigenvalue weighted by atomic mass is 32.1. The molecule has 6 nitrogen and oxygen atoms in total. The molecular weight excluding hydrogens is 350 g/mol. The zero-order chi connectivity index (χ0) is 18.9. The Hall–Kier alpha value is -2.15. The Morgan fingerprint density at radius 2 is 2.19 bits per heavy atom. The highest BCUT2D eigenvalue weighted by Crippen LogP contribution is 2.40. The second-order valence-electron chi connectivity index (χ2n) is 7.79. The fraction of sp³-hybridized carbons (Fsp3) is 0.526. The summed E-state index contributed by atoms with van der Waals surface area (Å²) >= 11 is 1.58. The zero-order valence-electron chi connectivity index (χ0n) is 15.7. The van der Waals surface area contributed by atoms with Gasteiger partial charge in [0.1, 0.15) is 6.54 Å². The van der Waals surface area contributed by atoms with Gasteiger partial charge in [0.2, 0.25) is 0 Å². The number of nitrogens with zero attached hydrogens (tertiary/aromatic N) is 2. The second kappa shape index (κ2) is 7.23. The lowest BCUT2D eigenvalue weighted by molar-refractivity contribution is -0.141. The lowest BCUT2D eigenvalue weighted by Crippen LogP contribution is -2.26. The Labute approximate surface area is 157 Å². The van der Waals surface area contributed by atoms with E-state index in [1.807, 2.05) is 6.07 Å². The van der Waals surface area contributed by atoms with Crippen molar-refractivity contribution in [3.8, 4) is 0 Å². The van der Waals surface area contributed by atoms with Crippen molar-refractivity contribution >= 4 is 29.0 Å². The molecule has 2 aromatic rings. The molecule has 7 heteroatoms. The summed E-state index contributed by atoms with van der Waals surface area (Å²) in [7, 11) is 1.33. The molecule has 2 heterocycles. The van der Waals surface area contributed by atoms with Crippen molar-refractivity contribution in [1.82, 2.24) is 9.78 Å². The minimum absolute atomic E-state index is 0.0217. The first-order valence-corrected chi connectivity index (χ1v) is 9.61. The summed E-state index contributed by atoms with van der Waals surface area (Å²) < 4.78 is 6.05. The van der Waals surface area contributed by atoms with Gasteiger partial charge in [-0.05, 0) is 42.2 Å². The van der Waals surface area contributed by atoms with Gasteiger partial charge in [0.15, 0.2) is 5.82 Å². The van der Waals surface area contributed by atoms with Gasteiger partial charge in [-0.15, -0.1) is 11.3 Å². The predicted octanol–water partition coefficient (Wildman–Crippen LogP) is 3.52. The van der Waals surface area contributed by atoms with Crippen molar-refractivity contribution in [2.75, 3.05) is 12.4 Å². The first-order valence-electron chi connectivity index (χ1n) is 8.79. The Bertz CT molecular complexity index is 816. The van der Waals surface area contributed by atoms with E-state index in [2.05, 4.69) is 35.9 Å². The van der Waals surface area contributed by atoms with Crippen LogP contribution in [0, 0.1) is 11.3 Å². The van der Waals surface area contributed by atoms with E-state index in [1.165, 1.54) is 28.7 Å².